The SMILES string of the molecule is CC1(C)O[C@H](C=O)[C@@H](COCc2ccc(F)cc2)O1. The highest BCUT2D eigenvalue weighted by Crippen LogP contribution is 2.27. The summed E-state index contributed by atoms with van der Waals surface area (Å²) in [6.07, 6.45) is -0.295. The number of hydrogen-bond donors (Lipinski definition) is 0. The molecule has 1 saturated heterocycles. The molecule has 0 bridgehead atoms. The lowest BCUT2D eigenvalue weighted by molar-refractivity contribution is -0.153. The number of ether oxygens (including phenoxy) is 3. The molecule has 0 aromatic heterocycles. The molecule has 1 aliphatic rings. The summed E-state index contributed by atoms with van der Waals surface area (Å²) in [6.45, 7) is 4.10. The first-order valence-corrected chi connectivity index (χ1v) is 6.13. The Balaban J connectivity index is 1.82. The van der Waals surface area contributed by atoms with Gasteiger partial charge in [0, 0.05) is 0 Å². The van der Waals surface area contributed by atoms with E-state index in [1.807, 2.05) is 0 Å². The van der Waals surface area contributed by atoms with Crippen LogP contribution in [0.25, 0.3) is 0 Å². The van der Waals surface area contributed by atoms with Crippen molar-refractivity contribution < 1.29 is 23.4 Å². The van der Waals surface area contributed by atoms with Gasteiger partial charge in [0.05, 0.1) is 13.2 Å². The van der Waals surface area contributed by atoms with Crippen LogP contribution >= 0.6 is 0 Å². The molecule has 0 unspecified atom stereocenters. The summed E-state index contributed by atoms with van der Waals surface area (Å²) in [6, 6.07) is 6.07. The van der Waals surface area contributed by atoms with E-state index in [1.165, 1.54) is 12.1 Å². The van der Waals surface area contributed by atoms with Gasteiger partial charge >= 0.3 is 0 Å². The molecule has 4 nitrogen and oxygen atoms in total. The average molecular weight is 268 g/mol. The third kappa shape index (κ3) is 3.83. The molecule has 0 N–H and O–H groups in total. The van der Waals surface area contributed by atoms with Crippen LogP contribution < -0.4 is 0 Å². The Bertz CT molecular complexity index is 430. The maximum absolute atomic E-state index is 12.7. The van der Waals surface area contributed by atoms with Gasteiger partial charge in [-0.2, -0.15) is 0 Å². The van der Waals surface area contributed by atoms with E-state index in [1.54, 1.807) is 26.0 Å². The quantitative estimate of drug-likeness (QED) is 0.767. The number of halogens is 1. The number of benzene rings is 1. The van der Waals surface area contributed by atoms with Gasteiger partial charge in [-0.25, -0.2) is 4.39 Å². The second-order valence-electron chi connectivity index (χ2n) is 4.92. The molecule has 2 atom stereocenters. The highest BCUT2D eigenvalue weighted by Gasteiger charge is 2.41. The predicted molar refractivity (Wildman–Crippen MR) is 65.9 cm³/mol. The molecule has 2 rings (SSSR count). The summed E-state index contributed by atoms with van der Waals surface area (Å²) in [7, 11) is 0. The molecule has 19 heavy (non-hydrogen) atoms. The van der Waals surface area contributed by atoms with Crippen molar-refractivity contribution in [2.45, 2.75) is 38.4 Å². The van der Waals surface area contributed by atoms with E-state index in [0.29, 0.717) is 6.61 Å². The molecule has 1 aromatic rings. The van der Waals surface area contributed by atoms with Gasteiger partial charge < -0.3 is 19.0 Å². The number of hydrogen-bond acceptors (Lipinski definition) is 4. The van der Waals surface area contributed by atoms with Crippen molar-refractivity contribution in [3.05, 3.63) is 35.6 Å². The molecule has 0 aliphatic carbocycles. The lowest BCUT2D eigenvalue weighted by Crippen LogP contribution is -2.28. The fourth-order valence-electron chi connectivity index (χ4n) is 1.98. The summed E-state index contributed by atoms with van der Waals surface area (Å²) in [5.74, 6) is -1.05. The second-order valence-corrected chi connectivity index (χ2v) is 4.92. The third-order valence-electron chi connectivity index (χ3n) is 2.82. The van der Waals surface area contributed by atoms with Crippen molar-refractivity contribution in [2.75, 3.05) is 6.61 Å². The number of aldehydes is 1. The van der Waals surface area contributed by atoms with Gasteiger partial charge in [0.1, 0.15) is 18.0 Å². The van der Waals surface area contributed by atoms with Crippen molar-refractivity contribution in [1.82, 2.24) is 0 Å². The smallest absolute Gasteiger partial charge is 0.164 e. The summed E-state index contributed by atoms with van der Waals surface area (Å²) >= 11 is 0. The van der Waals surface area contributed by atoms with Gasteiger partial charge in [-0.1, -0.05) is 12.1 Å². The molecule has 104 valence electrons. The molecule has 1 aliphatic heterocycles. The minimum Gasteiger partial charge on any atom is -0.374 e. The van der Waals surface area contributed by atoms with Gasteiger partial charge in [0.25, 0.3) is 0 Å². The largest absolute Gasteiger partial charge is 0.374 e. The van der Waals surface area contributed by atoms with Gasteiger partial charge in [-0.3, -0.25) is 0 Å². The predicted octanol–water partition coefficient (Wildman–Crippen LogP) is 2.06. The van der Waals surface area contributed by atoms with Crippen LogP contribution in [0.1, 0.15) is 19.4 Å². The molecule has 0 radical (unpaired) electrons. The molecular weight excluding hydrogens is 251 g/mol. The molecule has 0 amide bonds. The molecule has 1 fully saturated rings. The van der Waals surface area contributed by atoms with Crippen LogP contribution in [-0.2, 0) is 25.6 Å². The number of carbonyl (C=O) groups excluding carboxylic acids is 1. The zero-order valence-corrected chi connectivity index (χ0v) is 11.0. The third-order valence-corrected chi connectivity index (χ3v) is 2.82. The minimum absolute atomic E-state index is 0.254. The Kier molecular flexibility index (Phi) is 4.29. The fraction of sp³-hybridized carbons (Fsp3) is 0.500. The van der Waals surface area contributed by atoms with Crippen LogP contribution in [0.15, 0.2) is 24.3 Å². The van der Waals surface area contributed by atoms with Crippen molar-refractivity contribution >= 4 is 6.29 Å². The monoisotopic (exact) mass is 268 g/mol. The van der Waals surface area contributed by atoms with Gasteiger partial charge in [0.2, 0.25) is 0 Å². The van der Waals surface area contributed by atoms with Gasteiger partial charge in [-0.05, 0) is 31.5 Å². The lowest BCUT2D eigenvalue weighted by Gasteiger charge is -2.16. The van der Waals surface area contributed by atoms with E-state index < -0.39 is 18.0 Å². The van der Waals surface area contributed by atoms with E-state index >= 15 is 0 Å². The maximum Gasteiger partial charge on any atom is 0.164 e. The van der Waals surface area contributed by atoms with Crippen molar-refractivity contribution in [1.29, 1.82) is 0 Å². The van der Waals surface area contributed by atoms with E-state index in [4.69, 9.17) is 14.2 Å². The first-order valence-electron chi connectivity index (χ1n) is 6.13. The Hall–Kier alpha value is -1.30. The maximum atomic E-state index is 12.7. The molecule has 5 heteroatoms. The summed E-state index contributed by atoms with van der Waals surface area (Å²) in [5.41, 5.74) is 0.863. The minimum atomic E-state index is -0.768. The highest BCUT2D eigenvalue weighted by molar-refractivity contribution is 5.57. The Morgan fingerprint density at radius 1 is 1.32 bits per heavy atom. The number of rotatable bonds is 5. The molecule has 0 saturated carbocycles. The first kappa shape index (κ1) is 14.1. The fourth-order valence-corrected chi connectivity index (χ4v) is 1.98. The molecule has 0 spiro atoms. The van der Waals surface area contributed by atoms with Crippen molar-refractivity contribution in [2.24, 2.45) is 0 Å². The van der Waals surface area contributed by atoms with Crippen molar-refractivity contribution in [3.63, 3.8) is 0 Å². The topological polar surface area (TPSA) is 44.8 Å². The molecule has 1 heterocycles. The van der Waals surface area contributed by atoms with Crippen LogP contribution in [0.4, 0.5) is 4.39 Å². The lowest BCUT2D eigenvalue weighted by atomic mass is 10.2. The molecule has 1 aromatic carbocycles. The van der Waals surface area contributed by atoms with Gasteiger partial charge in [0.15, 0.2) is 12.1 Å². The van der Waals surface area contributed by atoms with E-state index in [9.17, 15) is 9.18 Å². The standard InChI is InChI=1S/C14H17FO4/c1-14(2)18-12(7-16)13(19-14)9-17-8-10-3-5-11(15)6-4-10/h3-7,12-13H,8-9H2,1-2H3/t12-,13-/m1/s1. The Labute approximate surface area is 111 Å². The highest BCUT2D eigenvalue weighted by atomic mass is 19.1. The Morgan fingerprint density at radius 2 is 2.00 bits per heavy atom. The van der Waals surface area contributed by atoms with E-state index in [-0.39, 0.29) is 12.4 Å². The average Bonchev–Trinajstić information content (AvgIpc) is 2.66. The normalized spacial score (nSPS) is 25.4. The van der Waals surface area contributed by atoms with Crippen LogP contribution in [0.3, 0.4) is 0 Å². The van der Waals surface area contributed by atoms with Crippen LogP contribution in [0, 0.1) is 5.82 Å². The van der Waals surface area contributed by atoms with E-state index in [2.05, 4.69) is 0 Å². The zero-order chi connectivity index (χ0) is 13.9. The number of carbonyl (C=O) groups is 1. The first-order chi connectivity index (χ1) is 9.00. The van der Waals surface area contributed by atoms with E-state index in [0.717, 1.165) is 11.8 Å². The van der Waals surface area contributed by atoms with Crippen LogP contribution in [-0.4, -0.2) is 30.9 Å². The summed E-state index contributed by atoms with van der Waals surface area (Å²) in [4.78, 5) is 10.9. The summed E-state index contributed by atoms with van der Waals surface area (Å²) in [5, 5.41) is 0. The van der Waals surface area contributed by atoms with Crippen molar-refractivity contribution in [3.8, 4) is 0 Å². The van der Waals surface area contributed by atoms with Gasteiger partial charge in [-0.15, -0.1) is 0 Å². The molecular formula is C14H17FO4. The second kappa shape index (κ2) is 5.77. The Morgan fingerprint density at radius 3 is 2.63 bits per heavy atom. The van der Waals surface area contributed by atoms with Crippen LogP contribution in [0.2, 0.25) is 0 Å². The van der Waals surface area contributed by atoms with Crippen LogP contribution in [0.5, 0.6) is 0 Å². The summed E-state index contributed by atoms with van der Waals surface area (Å²) < 4.78 is 29.2. The zero-order valence-electron chi connectivity index (χ0n) is 11.0.